The Balaban J connectivity index is 1.85. The number of hydrogen-bond acceptors (Lipinski definition) is 3. The second-order valence-electron chi connectivity index (χ2n) is 4.39. The van der Waals surface area contributed by atoms with Gasteiger partial charge in [-0.1, -0.05) is 18.2 Å². The third-order valence-corrected chi connectivity index (χ3v) is 3.20. The predicted molar refractivity (Wildman–Crippen MR) is 63.7 cm³/mol. The number of nitrogens with one attached hydrogen (secondary N) is 1. The minimum atomic E-state index is -2.78. The highest BCUT2D eigenvalue weighted by atomic mass is 19.3. The Labute approximate surface area is 105 Å². The van der Waals surface area contributed by atoms with Gasteiger partial charge >= 0.3 is 6.61 Å². The predicted octanol–water partition coefficient (Wildman–Crippen LogP) is 2.56. The second-order valence-corrected chi connectivity index (χ2v) is 4.39. The minimum absolute atomic E-state index is 0.239. The number of alkyl halides is 2. The fraction of sp³-hybridized carbons (Fsp3) is 0.538. The van der Waals surface area contributed by atoms with Crippen molar-refractivity contribution in [2.45, 2.75) is 38.1 Å². The van der Waals surface area contributed by atoms with Gasteiger partial charge in [0.25, 0.3) is 0 Å². The van der Waals surface area contributed by atoms with Gasteiger partial charge in [-0.15, -0.1) is 0 Å². The third-order valence-electron chi connectivity index (χ3n) is 3.20. The van der Waals surface area contributed by atoms with E-state index in [1.54, 1.807) is 25.3 Å². The Morgan fingerprint density at radius 2 is 2.06 bits per heavy atom. The molecular weight excluding hydrogens is 240 g/mol. The Morgan fingerprint density at radius 1 is 1.33 bits per heavy atom. The molecule has 1 aliphatic rings. The SMILES string of the molecule is COC1CC(NCc2ccccc2OC(F)F)C1. The number of rotatable bonds is 6. The Bertz CT molecular complexity index is 381. The molecule has 0 aliphatic heterocycles. The van der Waals surface area contributed by atoms with Crippen LogP contribution in [0.1, 0.15) is 18.4 Å². The summed E-state index contributed by atoms with van der Waals surface area (Å²) >= 11 is 0. The van der Waals surface area contributed by atoms with Crippen LogP contribution in [-0.2, 0) is 11.3 Å². The summed E-state index contributed by atoms with van der Waals surface area (Å²) in [7, 11) is 1.70. The summed E-state index contributed by atoms with van der Waals surface area (Å²) in [5, 5.41) is 3.31. The monoisotopic (exact) mass is 257 g/mol. The molecule has 0 spiro atoms. The lowest BCUT2D eigenvalue weighted by Crippen LogP contribution is -2.44. The molecule has 0 aromatic heterocycles. The van der Waals surface area contributed by atoms with E-state index >= 15 is 0 Å². The Morgan fingerprint density at radius 3 is 2.72 bits per heavy atom. The van der Waals surface area contributed by atoms with Crippen molar-refractivity contribution in [1.82, 2.24) is 5.32 Å². The first kappa shape index (κ1) is 13.2. The van der Waals surface area contributed by atoms with E-state index in [4.69, 9.17) is 4.74 Å². The third kappa shape index (κ3) is 3.40. The smallest absolute Gasteiger partial charge is 0.387 e. The van der Waals surface area contributed by atoms with E-state index in [9.17, 15) is 8.78 Å². The summed E-state index contributed by atoms with van der Waals surface area (Å²) in [5.74, 6) is 0.239. The maximum Gasteiger partial charge on any atom is 0.387 e. The normalized spacial score (nSPS) is 22.9. The molecule has 5 heteroatoms. The van der Waals surface area contributed by atoms with Crippen molar-refractivity contribution in [1.29, 1.82) is 0 Å². The Kier molecular flexibility index (Phi) is 4.49. The molecule has 2 rings (SSSR count). The van der Waals surface area contributed by atoms with Crippen molar-refractivity contribution >= 4 is 0 Å². The van der Waals surface area contributed by atoms with Crippen LogP contribution in [-0.4, -0.2) is 25.9 Å². The second kappa shape index (κ2) is 6.11. The molecule has 1 aromatic carbocycles. The van der Waals surface area contributed by atoms with Gasteiger partial charge in [-0.3, -0.25) is 0 Å². The van der Waals surface area contributed by atoms with Crippen molar-refractivity contribution in [3.63, 3.8) is 0 Å². The molecule has 1 aromatic rings. The molecule has 0 amide bonds. The van der Waals surface area contributed by atoms with E-state index in [2.05, 4.69) is 10.1 Å². The molecule has 100 valence electrons. The van der Waals surface area contributed by atoms with Crippen LogP contribution < -0.4 is 10.1 Å². The molecular formula is C13H17F2NO2. The first-order valence-corrected chi connectivity index (χ1v) is 5.98. The zero-order valence-electron chi connectivity index (χ0n) is 10.2. The zero-order valence-corrected chi connectivity index (χ0v) is 10.2. The molecule has 1 fully saturated rings. The van der Waals surface area contributed by atoms with Gasteiger partial charge in [0.1, 0.15) is 5.75 Å². The van der Waals surface area contributed by atoms with Crippen molar-refractivity contribution in [3.05, 3.63) is 29.8 Å². The molecule has 1 N–H and O–H groups in total. The lowest BCUT2D eigenvalue weighted by molar-refractivity contribution is -0.0505. The molecule has 18 heavy (non-hydrogen) atoms. The zero-order chi connectivity index (χ0) is 13.0. The summed E-state index contributed by atoms with van der Waals surface area (Å²) in [5.41, 5.74) is 0.749. The van der Waals surface area contributed by atoms with Crippen LogP contribution in [0.15, 0.2) is 24.3 Å². The molecule has 0 atom stereocenters. The summed E-state index contributed by atoms with van der Waals surface area (Å²) in [4.78, 5) is 0. The minimum Gasteiger partial charge on any atom is -0.434 e. The average Bonchev–Trinajstić information content (AvgIpc) is 2.28. The maximum absolute atomic E-state index is 12.2. The number of benzene rings is 1. The number of halogens is 2. The number of para-hydroxylation sites is 1. The molecule has 0 unspecified atom stereocenters. The highest BCUT2D eigenvalue weighted by molar-refractivity contribution is 5.33. The van der Waals surface area contributed by atoms with Crippen molar-refractivity contribution in [3.8, 4) is 5.75 Å². The van der Waals surface area contributed by atoms with Gasteiger partial charge < -0.3 is 14.8 Å². The lowest BCUT2D eigenvalue weighted by atomic mass is 9.89. The van der Waals surface area contributed by atoms with Crippen LogP contribution >= 0.6 is 0 Å². The molecule has 3 nitrogen and oxygen atoms in total. The van der Waals surface area contributed by atoms with Crippen molar-refractivity contribution in [2.75, 3.05) is 7.11 Å². The first-order valence-electron chi connectivity index (χ1n) is 5.98. The van der Waals surface area contributed by atoms with Crippen LogP contribution in [0.2, 0.25) is 0 Å². The largest absolute Gasteiger partial charge is 0.434 e. The number of methoxy groups -OCH3 is 1. The van der Waals surface area contributed by atoms with E-state index < -0.39 is 6.61 Å². The van der Waals surface area contributed by atoms with Gasteiger partial charge in [0, 0.05) is 25.3 Å². The van der Waals surface area contributed by atoms with Crippen LogP contribution in [0.4, 0.5) is 8.78 Å². The van der Waals surface area contributed by atoms with Gasteiger partial charge in [-0.25, -0.2) is 0 Å². The van der Waals surface area contributed by atoms with E-state index in [0.717, 1.165) is 18.4 Å². The van der Waals surface area contributed by atoms with Crippen LogP contribution in [0.25, 0.3) is 0 Å². The average molecular weight is 257 g/mol. The standard InChI is InChI=1S/C13H17F2NO2/c1-17-11-6-10(7-11)16-8-9-4-2-3-5-12(9)18-13(14)15/h2-5,10-11,13,16H,6-8H2,1H3. The van der Waals surface area contributed by atoms with Gasteiger partial charge in [0.05, 0.1) is 6.10 Å². The molecule has 0 radical (unpaired) electrons. The van der Waals surface area contributed by atoms with E-state index in [1.165, 1.54) is 0 Å². The lowest BCUT2D eigenvalue weighted by Gasteiger charge is -2.34. The van der Waals surface area contributed by atoms with Crippen molar-refractivity contribution < 1.29 is 18.3 Å². The maximum atomic E-state index is 12.2. The molecule has 1 saturated carbocycles. The highest BCUT2D eigenvalue weighted by Gasteiger charge is 2.28. The quantitative estimate of drug-likeness (QED) is 0.849. The van der Waals surface area contributed by atoms with Gasteiger partial charge in [0.15, 0.2) is 0 Å². The molecule has 0 saturated heterocycles. The van der Waals surface area contributed by atoms with E-state index in [-0.39, 0.29) is 5.75 Å². The molecule has 1 aliphatic carbocycles. The topological polar surface area (TPSA) is 30.5 Å². The summed E-state index contributed by atoms with van der Waals surface area (Å²) in [6, 6.07) is 7.24. The van der Waals surface area contributed by atoms with Crippen LogP contribution in [0.3, 0.4) is 0 Å². The fourth-order valence-corrected chi connectivity index (χ4v) is 2.04. The number of hydrogen-bond donors (Lipinski definition) is 1. The molecule has 0 bridgehead atoms. The van der Waals surface area contributed by atoms with E-state index in [0.29, 0.717) is 18.7 Å². The summed E-state index contributed by atoms with van der Waals surface area (Å²) in [6.45, 7) is -2.25. The fourth-order valence-electron chi connectivity index (χ4n) is 2.04. The summed E-state index contributed by atoms with van der Waals surface area (Å²) < 4.78 is 34.1. The van der Waals surface area contributed by atoms with Crippen molar-refractivity contribution in [2.24, 2.45) is 0 Å². The van der Waals surface area contributed by atoms with Crippen LogP contribution in [0, 0.1) is 0 Å². The molecule has 0 heterocycles. The van der Waals surface area contributed by atoms with Gasteiger partial charge in [-0.05, 0) is 18.9 Å². The Hall–Kier alpha value is -1.20. The van der Waals surface area contributed by atoms with E-state index in [1.807, 2.05) is 6.07 Å². The van der Waals surface area contributed by atoms with Gasteiger partial charge in [0.2, 0.25) is 0 Å². The first-order chi connectivity index (χ1) is 8.69. The summed E-state index contributed by atoms with van der Waals surface area (Å²) in [6.07, 6.45) is 2.26. The van der Waals surface area contributed by atoms with Gasteiger partial charge in [-0.2, -0.15) is 8.78 Å². The van der Waals surface area contributed by atoms with Crippen LogP contribution in [0.5, 0.6) is 5.75 Å². The highest BCUT2D eigenvalue weighted by Crippen LogP contribution is 2.25. The number of ether oxygens (including phenoxy) is 2.